The molecule has 0 aromatic heterocycles. The molecule has 4 aromatic carbocycles. The third-order valence-electron chi connectivity index (χ3n) is 10.1. The molecule has 4 rings (SSSR count). The Kier molecular flexibility index (Phi) is 19.2. The highest BCUT2D eigenvalue weighted by atomic mass is 16.5. The molecule has 0 fully saturated rings. The van der Waals surface area contributed by atoms with Gasteiger partial charge < -0.3 is 28.4 Å². The molecule has 4 aromatic rings. The van der Waals surface area contributed by atoms with Gasteiger partial charge in [0.05, 0.1) is 39.6 Å². The number of benzene rings is 4. The van der Waals surface area contributed by atoms with Crippen LogP contribution in [0, 0.1) is 0 Å². The summed E-state index contributed by atoms with van der Waals surface area (Å²) in [6, 6.07) is 11.2. The minimum absolute atomic E-state index is 0.297. The number of carbonyl (C=O) groups is 3. The number of fused-ring (bicyclic) bond motifs is 6. The van der Waals surface area contributed by atoms with Gasteiger partial charge >= 0.3 is 17.9 Å². The average molecular weight is 787 g/mol. The fourth-order valence-corrected chi connectivity index (χ4v) is 6.68. The van der Waals surface area contributed by atoms with Gasteiger partial charge in [0.1, 0.15) is 33.9 Å². The van der Waals surface area contributed by atoms with Crippen molar-refractivity contribution in [1.29, 1.82) is 0 Å². The van der Waals surface area contributed by atoms with Gasteiger partial charge in [-0.15, -0.1) is 0 Å². The highest BCUT2D eigenvalue weighted by Crippen LogP contribution is 2.43. The quantitative estimate of drug-likeness (QED) is 0.0253. The Morgan fingerprint density at radius 1 is 0.333 bits per heavy atom. The lowest BCUT2D eigenvalue weighted by molar-refractivity contribution is 0.0485. The van der Waals surface area contributed by atoms with E-state index < -0.39 is 17.9 Å². The maximum absolute atomic E-state index is 13.8. The monoisotopic (exact) mass is 786 g/mol. The number of ether oxygens (including phenoxy) is 6. The molecule has 0 saturated heterocycles. The number of unbranched alkanes of at least 4 members (excludes halogenated alkanes) is 9. The molecule has 0 radical (unpaired) electrons. The largest absolute Gasteiger partial charge is 0.493 e. The van der Waals surface area contributed by atoms with E-state index in [2.05, 4.69) is 41.5 Å². The van der Waals surface area contributed by atoms with Crippen molar-refractivity contribution in [2.75, 3.05) is 39.6 Å². The molecule has 0 spiro atoms. The number of hydrogen-bond donors (Lipinski definition) is 0. The summed E-state index contributed by atoms with van der Waals surface area (Å²) in [5.74, 6) is -0.147. The summed E-state index contributed by atoms with van der Waals surface area (Å²) in [7, 11) is 0. The van der Waals surface area contributed by atoms with Crippen LogP contribution in [-0.4, -0.2) is 57.5 Å². The second-order valence-corrected chi connectivity index (χ2v) is 14.8. The van der Waals surface area contributed by atoms with Crippen LogP contribution in [-0.2, 0) is 14.2 Å². The van der Waals surface area contributed by atoms with Crippen LogP contribution in [0.1, 0.15) is 169 Å². The van der Waals surface area contributed by atoms with Crippen LogP contribution in [0.5, 0.6) is 17.2 Å². The van der Waals surface area contributed by atoms with Gasteiger partial charge in [-0.05, 0) is 107 Å². The van der Waals surface area contributed by atoms with Crippen molar-refractivity contribution in [2.24, 2.45) is 0 Å². The van der Waals surface area contributed by atoms with Crippen molar-refractivity contribution in [3.63, 3.8) is 0 Å². The van der Waals surface area contributed by atoms with Gasteiger partial charge in [0.25, 0.3) is 0 Å². The summed E-state index contributed by atoms with van der Waals surface area (Å²) in [5, 5.41) is 4.49. The summed E-state index contributed by atoms with van der Waals surface area (Å²) < 4.78 is 36.4. The smallest absolute Gasteiger partial charge is 0.341 e. The normalized spacial score (nSPS) is 11.3. The molecule has 57 heavy (non-hydrogen) atoms. The third-order valence-corrected chi connectivity index (χ3v) is 10.1. The van der Waals surface area contributed by atoms with E-state index in [0.29, 0.717) is 73.6 Å². The van der Waals surface area contributed by atoms with E-state index in [0.717, 1.165) is 129 Å². The molecule has 0 bridgehead atoms. The van der Waals surface area contributed by atoms with Gasteiger partial charge in [0.15, 0.2) is 0 Å². The van der Waals surface area contributed by atoms with Gasteiger partial charge in [0, 0.05) is 0 Å². The van der Waals surface area contributed by atoms with E-state index in [-0.39, 0.29) is 0 Å². The van der Waals surface area contributed by atoms with Crippen molar-refractivity contribution < 1.29 is 42.8 Å². The van der Waals surface area contributed by atoms with E-state index in [1.807, 2.05) is 36.4 Å². The minimum atomic E-state index is -0.465. The van der Waals surface area contributed by atoms with E-state index in [1.165, 1.54) is 0 Å². The summed E-state index contributed by atoms with van der Waals surface area (Å²) >= 11 is 0. The first-order valence-corrected chi connectivity index (χ1v) is 21.8. The number of rotatable bonds is 27. The molecule has 0 unspecified atom stereocenters. The van der Waals surface area contributed by atoms with E-state index in [1.54, 1.807) is 0 Å². The van der Waals surface area contributed by atoms with Crippen LogP contribution in [0.2, 0.25) is 0 Å². The molecule has 0 aliphatic rings. The van der Waals surface area contributed by atoms with E-state index in [9.17, 15) is 14.4 Å². The standard InChI is InChI=1S/C48H66O9/c1-7-13-19-25-52-43-31-37-34(28-40(43)46(49)55-22-16-10-4)38-32-44(53-26-20-14-8-2)42(48(51)57-24-18-12-6)30-36(38)39-33-45(54-27-21-15-9-3)41(29-35(37)39)47(50)56-23-17-11-5/h28-33H,7-27H2,1-6H3. The molecule has 0 N–H and O–H groups in total. The Hall–Kier alpha value is -4.53. The predicted molar refractivity (Wildman–Crippen MR) is 230 cm³/mol. The molecular formula is C48H66O9. The molecule has 312 valence electrons. The van der Waals surface area contributed by atoms with Gasteiger partial charge in [0.2, 0.25) is 0 Å². The Morgan fingerprint density at radius 3 is 0.825 bits per heavy atom. The Morgan fingerprint density at radius 2 is 0.579 bits per heavy atom. The zero-order valence-corrected chi connectivity index (χ0v) is 35.5. The highest BCUT2D eigenvalue weighted by molar-refractivity contribution is 6.28. The molecule has 0 amide bonds. The molecule has 0 aliphatic carbocycles. The van der Waals surface area contributed by atoms with Gasteiger partial charge in [-0.2, -0.15) is 0 Å². The molecule has 9 heteroatoms. The lowest BCUT2D eigenvalue weighted by Crippen LogP contribution is -2.11. The lowest BCUT2D eigenvalue weighted by Gasteiger charge is -2.20. The molecule has 0 heterocycles. The minimum Gasteiger partial charge on any atom is -0.493 e. The van der Waals surface area contributed by atoms with Crippen molar-refractivity contribution in [2.45, 2.75) is 138 Å². The Labute approximate surface area is 340 Å². The summed E-state index contributed by atoms with van der Waals surface area (Å²) in [6.07, 6.45) is 13.5. The van der Waals surface area contributed by atoms with E-state index >= 15 is 0 Å². The lowest BCUT2D eigenvalue weighted by atomic mass is 9.90. The first-order chi connectivity index (χ1) is 27.8. The Balaban J connectivity index is 2.11. The molecule has 9 nitrogen and oxygen atoms in total. The highest BCUT2D eigenvalue weighted by Gasteiger charge is 2.25. The van der Waals surface area contributed by atoms with Crippen molar-refractivity contribution in [3.05, 3.63) is 53.1 Å². The average Bonchev–Trinajstić information content (AvgIpc) is 3.22. The summed E-state index contributed by atoms with van der Waals surface area (Å²) in [4.78, 5) is 41.4. The first-order valence-electron chi connectivity index (χ1n) is 21.8. The van der Waals surface area contributed by atoms with Crippen molar-refractivity contribution in [3.8, 4) is 17.2 Å². The molecule has 0 saturated carbocycles. The predicted octanol–water partition coefficient (Wildman–Crippen LogP) is 12.7. The van der Waals surface area contributed by atoms with Crippen LogP contribution >= 0.6 is 0 Å². The van der Waals surface area contributed by atoms with Crippen molar-refractivity contribution >= 4 is 50.2 Å². The Bertz CT molecular complexity index is 1670. The molecule has 0 atom stereocenters. The van der Waals surface area contributed by atoms with Crippen molar-refractivity contribution in [1.82, 2.24) is 0 Å². The zero-order valence-electron chi connectivity index (χ0n) is 35.5. The van der Waals surface area contributed by atoms with Gasteiger partial charge in [-0.3, -0.25) is 0 Å². The topological polar surface area (TPSA) is 107 Å². The summed E-state index contributed by atoms with van der Waals surface area (Å²) in [6.45, 7) is 14.7. The SMILES string of the molecule is CCCCCOc1cc2c(cc1C(=O)OCCCC)c1cc(OCCCCC)c(C(=O)OCCCC)cc1c1cc(OCCCCC)c(C(=O)OCCCC)cc21. The first kappa shape index (κ1) is 45.2. The van der Waals surface area contributed by atoms with Crippen LogP contribution in [0.4, 0.5) is 0 Å². The number of hydrogen-bond acceptors (Lipinski definition) is 9. The van der Waals surface area contributed by atoms with Gasteiger partial charge in [-0.25, -0.2) is 14.4 Å². The second kappa shape index (κ2) is 24.3. The van der Waals surface area contributed by atoms with Gasteiger partial charge in [-0.1, -0.05) is 99.3 Å². The second-order valence-electron chi connectivity index (χ2n) is 14.8. The maximum atomic E-state index is 13.8. The van der Waals surface area contributed by atoms with Crippen LogP contribution in [0.15, 0.2) is 36.4 Å². The van der Waals surface area contributed by atoms with Crippen LogP contribution in [0.25, 0.3) is 32.3 Å². The number of esters is 3. The third kappa shape index (κ3) is 12.5. The summed E-state index contributed by atoms with van der Waals surface area (Å²) in [5.41, 5.74) is 0.956. The van der Waals surface area contributed by atoms with Crippen LogP contribution in [0.3, 0.4) is 0 Å². The maximum Gasteiger partial charge on any atom is 0.341 e. The fraction of sp³-hybridized carbons (Fsp3) is 0.562. The zero-order chi connectivity index (χ0) is 41.0. The van der Waals surface area contributed by atoms with E-state index in [4.69, 9.17) is 28.4 Å². The fourth-order valence-electron chi connectivity index (χ4n) is 6.68. The number of carbonyl (C=O) groups excluding carboxylic acids is 3. The molecular weight excluding hydrogens is 721 g/mol. The molecule has 0 aliphatic heterocycles. The van der Waals surface area contributed by atoms with Crippen LogP contribution < -0.4 is 14.2 Å².